The van der Waals surface area contributed by atoms with Crippen LogP contribution in [0.25, 0.3) is 0 Å². The van der Waals surface area contributed by atoms with Crippen molar-refractivity contribution in [3.8, 4) is 5.75 Å². The Labute approximate surface area is 105 Å². The van der Waals surface area contributed by atoms with Crippen LogP contribution in [0, 0.1) is 0 Å². The highest BCUT2D eigenvalue weighted by Gasteiger charge is 2.04. The van der Waals surface area contributed by atoms with Gasteiger partial charge in [0.15, 0.2) is 6.29 Å². The molecule has 0 unspecified atom stereocenters. The molecule has 0 heterocycles. The number of ether oxygens (including phenoxy) is 1. The van der Waals surface area contributed by atoms with Gasteiger partial charge in [0.25, 0.3) is 0 Å². The molecule has 3 heteroatoms. The van der Waals surface area contributed by atoms with Crippen LogP contribution in [-0.2, 0) is 6.61 Å². The quantitative estimate of drug-likeness (QED) is 0.755. The summed E-state index contributed by atoms with van der Waals surface area (Å²) in [6, 6.07) is 14.2. The molecular formula is C15H12O3. The van der Waals surface area contributed by atoms with Gasteiger partial charge in [-0.2, -0.15) is 0 Å². The fraction of sp³-hybridized carbons (Fsp3) is 0.0667. The predicted molar refractivity (Wildman–Crippen MR) is 68.0 cm³/mol. The van der Waals surface area contributed by atoms with E-state index in [0.717, 1.165) is 18.1 Å². The molecule has 0 spiro atoms. The fourth-order valence-corrected chi connectivity index (χ4v) is 1.65. The van der Waals surface area contributed by atoms with Crippen molar-refractivity contribution in [2.75, 3.05) is 0 Å². The smallest absolute Gasteiger partial charge is 0.153 e. The van der Waals surface area contributed by atoms with Gasteiger partial charge in [-0.15, -0.1) is 0 Å². The average Bonchev–Trinajstić information content (AvgIpc) is 2.45. The monoisotopic (exact) mass is 240 g/mol. The Bertz CT molecular complexity index is 510. The van der Waals surface area contributed by atoms with E-state index in [1.54, 1.807) is 36.4 Å². The van der Waals surface area contributed by atoms with Crippen LogP contribution in [0.1, 0.15) is 26.3 Å². The molecule has 0 aliphatic carbocycles. The molecule has 0 fully saturated rings. The summed E-state index contributed by atoms with van der Waals surface area (Å²) in [4.78, 5) is 21.7. The number of carbonyl (C=O) groups excluding carboxylic acids is 2. The van der Waals surface area contributed by atoms with Gasteiger partial charge in [-0.3, -0.25) is 9.59 Å². The number of para-hydroxylation sites is 1. The minimum Gasteiger partial charge on any atom is -0.488 e. The third-order valence-electron chi connectivity index (χ3n) is 2.61. The van der Waals surface area contributed by atoms with Gasteiger partial charge in [0.1, 0.15) is 18.6 Å². The van der Waals surface area contributed by atoms with Crippen LogP contribution in [0.15, 0.2) is 48.5 Å². The molecule has 90 valence electrons. The highest BCUT2D eigenvalue weighted by Crippen LogP contribution is 2.18. The highest BCUT2D eigenvalue weighted by molar-refractivity contribution is 5.79. The second kappa shape index (κ2) is 5.77. The van der Waals surface area contributed by atoms with E-state index in [0.29, 0.717) is 16.9 Å². The Morgan fingerprint density at radius 1 is 0.833 bits per heavy atom. The third-order valence-corrected chi connectivity index (χ3v) is 2.61. The van der Waals surface area contributed by atoms with Crippen LogP contribution < -0.4 is 4.74 Å². The molecule has 0 saturated heterocycles. The van der Waals surface area contributed by atoms with Crippen molar-refractivity contribution in [2.24, 2.45) is 0 Å². The standard InChI is InChI=1S/C15H12O3/c16-9-12-5-1-2-7-14(12)11-18-15-8-4-3-6-13(15)10-17/h1-10H,11H2. The molecule has 2 aromatic rings. The zero-order valence-corrected chi connectivity index (χ0v) is 9.71. The van der Waals surface area contributed by atoms with Crippen molar-refractivity contribution in [1.82, 2.24) is 0 Å². The number of carbonyl (C=O) groups is 2. The largest absolute Gasteiger partial charge is 0.488 e. The maximum absolute atomic E-state index is 10.9. The Morgan fingerprint density at radius 2 is 1.44 bits per heavy atom. The van der Waals surface area contributed by atoms with E-state index < -0.39 is 0 Å². The van der Waals surface area contributed by atoms with Crippen LogP contribution in [0.4, 0.5) is 0 Å². The summed E-state index contributed by atoms with van der Waals surface area (Å²) < 4.78 is 5.57. The first-order valence-electron chi connectivity index (χ1n) is 5.55. The maximum atomic E-state index is 10.9. The van der Waals surface area contributed by atoms with E-state index in [4.69, 9.17) is 4.74 Å². The van der Waals surface area contributed by atoms with E-state index in [9.17, 15) is 9.59 Å². The molecule has 2 aromatic carbocycles. The topological polar surface area (TPSA) is 43.4 Å². The number of benzene rings is 2. The van der Waals surface area contributed by atoms with E-state index in [2.05, 4.69) is 0 Å². The summed E-state index contributed by atoms with van der Waals surface area (Å²) in [6.07, 6.45) is 1.55. The van der Waals surface area contributed by atoms with Gasteiger partial charge in [-0.25, -0.2) is 0 Å². The van der Waals surface area contributed by atoms with Gasteiger partial charge in [-0.05, 0) is 17.7 Å². The van der Waals surface area contributed by atoms with Crippen molar-refractivity contribution in [1.29, 1.82) is 0 Å². The molecule has 18 heavy (non-hydrogen) atoms. The Balaban J connectivity index is 2.16. The first kappa shape index (κ1) is 12.0. The molecule has 0 aliphatic rings. The molecule has 0 radical (unpaired) electrons. The van der Waals surface area contributed by atoms with Crippen LogP contribution >= 0.6 is 0 Å². The summed E-state index contributed by atoms with van der Waals surface area (Å²) in [6.45, 7) is 0.264. The van der Waals surface area contributed by atoms with Gasteiger partial charge in [0.2, 0.25) is 0 Å². The van der Waals surface area contributed by atoms with Crippen LogP contribution in [-0.4, -0.2) is 12.6 Å². The summed E-state index contributed by atoms with van der Waals surface area (Å²) in [5.74, 6) is 0.521. The number of hydrogen-bond acceptors (Lipinski definition) is 3. The van der Waals surface area contributed by atoms with Gasteiger partial charge in [0.05, 0.1) is 5.56 Å². The van der Waals surface area contributed by atoms with Crippen LogP contribution in [0.3, 0.4) is 0 Å². The Hall–Kier alpha value is -2.42. The summed E-state index contributed by atoms with van der Waals surface area (Å²) in [5.41, 5.74) is 1.90. The number of aldehydes is 2. The van der Waals surface area contributed by atoms with Gasteiger partial charge in [-0.1, -0.05) is 36.4 Å². The lowest BCUT2D eigenvalue weighted by molar-refractivity contribution is 0.110. The minimum atomic E-state index is 0.264. The minimum absolute atomic E-state index is 0.264. The second-order valence-electron chi connectivity index (χ2n) is 3.76. The molecule has 0 N–H and O–H groups in total. The normalized spacial score (nSPS) is 9.78. The van der Waals surface area contributed by atoms with Crippen molar-refractivity contribution in [3.63, 3.8) is 0 Å². The average molecular weight is 240 g/mol. The van der Waals surface area contributed by atoms with Crippen LogP contribution in [0.2, 0.25) is 0 Å². The molecule has 3 nitrogen and oxygen atoms in total. The van der Waals surface area contributed by atoms with Gasteiger partial charge in [0, 0.05) is 5.56 Å². The van der Waals surface area contributed by atoms with Crippen molar-refractivity contribution >= 4 is 12.6 Å². The lowest BCUT2D eigenvalue weighted by Gasteiger charge is -2.09. The summed E-state index contributed by atoms with van der Waals surface area (Å²) in [7, 11) is 0. The molecule has 0 aromatic heterocycles. The van der Waals surface area contributed by atoms with Crippen LogP contribution in [0.5, 0.6) is 5.75 Å². The third kappa shape index (κ3) is 2.63. The first-order valence-corrected chi connectivity index (χ1v) is 5.55. The summed E-state index contributed by atoms with van der Waals surface area (Å²) in [5, 5.41) is 0. The Morgan fingerprint density at radius 3 is 2.17 bits per heavy atom. The molecule has 0 saturated carbocycles. The second-order valence-corrected chi connectivity index (χ2v) is 3.76. The van der Waals surface area contributed by atoms with E-state index in [1.165, 1.54) is 0 Å². The highest BCUT2D eigenvalue weighted by atomic mass is 16.5. The fourth-order valence-electron chi connectivity index (χ4n) is 1.65. The molecule has 0 amide bonds. The molecule has 0 aliphatic heterocycles. The molecule has 0 atom stereocenters. The number of hydrogen-bond donors (Lipinski definition) is 0. The maximum Gasteiger partial charge on any atom is 0.153 e. The summed E-state index contributed by atoms with van der Waals surface area (Å²) >= 11 is 0. The molecular weight excluding hydrogens is 228 g/mol. The van der Waals surface area contributed by atoms with Crippen molar-refractivity contribution in [2.45, 2.75) is 6.61 Å². The predicted octanol–water partition coefficient (Wildman–Crippen LogP) is 2.89. The lowest BCUT2D eigenvalue weighted by Crippen LogP contribution is -2.01. The Kier molecular flexibility index (Phi) is 3.86. The van der Waals surface area contributed by atoms with E-state index in [-0.39, 0.29) is 6.61 Å². The molecule has 0 bridgehead atoms. The SMILES string of the molecule is O=Cc1ccccc1COc1ccccc1C=O. The van der Waals surface area contributed by atoms with E-state index >= 15 is 0 Å². The van der Waals surface area contributed by atoms with Crippen molar-refractivity contribution < 1.29 is 14.3 Å². The molecule has 2 rings (SSSR count). The van der Waals surface area contributed by atoms with Crippen molar-refractivity contribution in [3.05, 3.63) is 65.2 Å². The lowest BCUT2D eigenvalue weighted by atomic mass is 10.1. The zero-order chi connectivity index (χ0) is 12.8. The zero-order valence-electron chi connectivity index (χ0n) is 9.71. The van der Waals surface area contributed by atoms with E-state index in [1.807, 2.05) is 12.1 Å². The number of rotatable bonds is 5. The van der Waals surface area contributed by atoms with Gasteiger partial charge >= 0.3 is 0 Å². The first-order chi connectivity index (χ1) is 8.85. The van der Waals surface area contributed by atoms with Gasteiger partial charge < -0.3 is 4.74 Å².